The van der Waals surface area contributed by atoms with E-state index in [-0.39, 0.29) is 11.8 Å². The Morgan fingerprint density at radius 1 is 0.981 bits per heavy atom. The maximum Gasteiger partial charge on any atom is 0.264 e. The molecule has 1 N–H and O–H groups in total. The smallest absolute Gasteiger partial charge is 0.264 e. The highest BCUT2D eigenvalue weighted by molar-refractivity contribution is 7.90. The molecule has 4 aliphatic rings. The van der Waals surface area contributed by atoms with Crippen LogP contribution in [0, 0.1) is 17.8 Å². The summed E-state index contributed by atoms with van der Waals surface area (Å²) in [5, 5.41) is -0.0736. The molecule has 7 atom stereocenters. The van der Waals surface area contributed by atoms with Gasteiger partial charge in [0.15, 0.2) is 0 Å². The van der Waals surface area contributed by atoms with E-state index in [0.29, 0.717) is 54.0 Å². The van der Waals surface area contributed by atoms with Gasteiger partial charge in [-0.1, -0.05) is 36.7 Å². The van der Waals surface area contributed by atoms with Crippen LogP contribution in [0.3, 0.4) is 0 Å². The summed E-state index contributed by atoms with van der Waals surface area (Å²) >= 11 is 6.41. The molecule has 3 aliphatic heterocycles. The molecule has 0 radical (unpaired) electrons. The summed E-state index contributed by atoms with van der Waals surface area (Å²) in [6, 6.07) is 12.0. The van der Waals surface area contributed by atoms with Crippen LogP contribution in [-0.2, 0) is 32.5 Å². The van der Waals surface area contributed by atoms with Gasteiger partial charge >= 0.3 is 0 Å². The summed E-state index contributed by atoms with van der Waals surface area (Å²) in [5.41, 5.74) is 2.82. The first kappa shape index (κ1) is 41.0. The second kappa shape index (κ2) is 17.6. The topological polar surface area (TPSA) is 101 Å². The lowest BCUT2D eigenvalue weighted by atomic mass is 9.63. The molecular formula is C42H61ClN4O6S. The second-order valence-electron chi connectivity index (χ2n) is 16.3. The molecule has 12 heteroatoms. The lowest BCUT2D eigenvalue weighted by Gasteiger charge is -2.53. The molecule has 1 saturated carbocycles. The van der Waals surface area contributed by atoms with Crippen LogP contribution in [0.2, 0.25) is 5.02 Å². The normalized spacial score (nSPS) is 31.8. The van der Waals surface area contributed by atoms with Crippen LogP contribution in [0.1, 0.15) is 81.3 Å². The van der Waals surface area contributed by atoms with Crippen molar-refractivity contribution in [3.05, 3.63) is 70.3 Å². The maximum atomic E-state index is 13.6. The van der Waals surface area contributed by atoms with Crippen molar-refractivity contribution < 1.29 is 27.4 Å². The number of carbonyl (C=O) groups is 1. The molecule has 54 heavy (non-hydrogen) atoms. The molecule has 1 saturated heterocycles. The van der Waals surface area contributed by atoms with Gasteiger partial charge in [-0.25, -0.2) is 13.1 Å². The number of fused-ring (bicyclic) bond motifs is 3. The van der Waals surface area contributed by atoms with E-state index >= 15 is 0 Å². The molecule has 2 bridgehead atoms. The molecule has 298 valence electrons. The molecule has 3 heterocycles. The molecule has 0 spiro atoms. The van der Waals surface area contributed by atoms with Crippen molar-refractivity contribution in [2.24, 2.45) is 17.8 Å². The summed E-state index contributed by atoms with van der Waals surface area (Å²) in [4.78, 5) is 21.1. The number of aryl methyl sites for hydroxylation is 1. The first-order valence-electron chi connectivity index (χ1n) is 19.9. The Morgan fingerprint density at radius 2 is 1.76 bits per heavy atom. The monoisotopic (exact) mass is 784 g/mol. The van der Waals surface area contributed by atoms with E-state index in [1.807, 2.05) is 44.4 Å². The molecule has 0 aromatic heterocycles. The zero-order chi connectivity index (χ0) is 38.6. The van der Waals surface area contributed by atoms with Gasteiger partial charge in [0.25, 0.3) is 5.91 Å². The number of sulfonamides is 1. The summed E-state index contributed by atoms with van der Waals surface area (Å²) in [5.74, 6) is 0.400. The van der Waals surface area contributed by atoms with Gasteiger partial charge in [0, 0.05) is 76.2 Å². The Hall–Kier alpha value is -2.67. The fraction of sp³-hybridized carbons (Fsp3) is 0.643. The second-order valence-corrected chi connectivity index (χ2v) is 18.8. The summed E-state index contributed by atoms with van der Waals surface area (Å²) in [6.07, 6.45) is 9.84. The van der Waals surface area contributed by atoms with Crippen molar-refractivity contribution in [1.82, 2.24) is 14.5 Å². The van der Waals surface area contributed by atoms with E-state index in [2.05, 4.69) is 45.4 Å². The van der Waals surface area contributed by atoms with Gasteiger partial charge < -0.3 is 19.1 Å². The van der Waals surface area contributed by atoms with Crippen LogP contribution in [0.5, 0.6) is 5.75 Å². The molecule has 6 rings (SSSR count). The van der Waals surface area contributed by atoms with Crippen LogP contribution in [-0.4, -0.2) is 107 Å². The first-order valence-corrected chi connectivity index (χ1v) is 21.8. The zero-order valence-corrected chi connectivity index (χ0v) is 34.6. The number of rotatable bonds is 6. The number of halogens is 1. The number of methoxy groups -OCH3 is 2. The SMILES string of the molecule is COCCN1[C@H](C)CN(C[C@]2(OC)/C=C/C[C@H](C)[C@@H](C)S(=O)(=O)NC(=O)c3ccc4c(c3)N(CCCCc3cc(Cl)ccc3CO4)C[C@@H]3CC[C@H]32)C[C@@H]1C. The number of nitrogens with one attached hydrogen (secondary N) is 1. The number of hydrogen-bond acceptors (Lipinski definition) is 9. The maximum absolute atomic E-state index is 13.6. The number of allylic oxidation sites excluding steroid dienone is 1. The van der Waals surface area contributed by atoms with Crippen LogP contribution < -0.4 is 14.4 Å². The highest BCUT2D eigenvalue weighted by atomic mass is 35.5. The number of ether oxygens (including phenoxy) is 3. The Bertz CT molecular complexity index is 1750. The number of piperazine rings is 1. The lowest BCUT2D eigenvalue weighted by molar-refractivity contribution is -0.103. The number of benzene rings is 2. The lowest BCUT2D eigenvalue weighted by Crippen LogP contribution is -2.62. The van der Waals surface area contributed by atoms with Gasteiger partial charge in [0.2, 0.25) is 10.0 Å². The Kier molecular flexibility index (Phi) is 13.4. The number of carbonyl (C=O) groups excluding carboxylic acids is 1. The first-order chi connectivity index (χ1) is 25.8. The largest absolute Gasteiger partial charge is 0.487 e. The van der Waals surface area contributed by atoms with Crippen molar-refractivity contribution in [2.75, 3.05) is 65.0 Å². The molecular weight excluding hydrogens is 724 g/mol. The van der Waals surface area contributed by atoms with Gasteiger partial charge in [-0.2, -0.15) is 0 Å². The van der Waals surface area contributed by atoms with Crippen molar-refractivity contribution in [3.8, 4) is 5.75 Å². The van der Waals surface area contributed by atoms with Crippen molar-refractivity contribution >= 4 is 33.2 Å². The highest BCUT2D eigenvalue weighted by Gasteiger charge is 2.49. The van der Waals surface area contributed by atoms with E-state index in [0.717, 1.165) is 82.6 Å². The van der Waals surface area contributed by atoms with Gasteiger partial charge in [-0.3, -0.25) is 14.6 Å². The van der Waals surface area contributed by atoms with Gasteiger partial charge in [-0.05, 0) is 119 Å². The molecule has 1 aliphatic carbocycles. The third-order valence-electron chi connectivity index (χ3n) is 12.8. The van der Waals surface area contributed by atoms with Crippen molar-refractivity contribution in [3.63, 3.8) is 0 Å². The molecule has 2 fully saturated rings. The van der Waals surface area contributed by atoms with Gasteiger partial charge in [-0.15, -0.1) is 0 Å². The Labute approximate surface area is 328 Å². The third-order valence-corrected chi connectivity index (χ3v) is 14.9. The minimum absolute atomic E-state index is 0.232. The third kappa shape index (κ3) is 9.13. The van der Waals surface area contributed by atoms with E-state index in [1.54, 1.807) is 20.1 Å². The fourth-order valence-electron chi connectivity index (χ4n) is 9.21. The van der Waals surface area contributed by atoms with Gasteiger partial charge in [0.05, 0.1) is 17.5 Å². The summed E-state index contributed by atoms with van der Waals surface area (Å²) < 4.78 is 48.4. The average molecular weight is 785 g/mol. The molecule has 1 amide bonds. The van der Waals surface area contributed by atoms with Crippen LogP contribution in [0.15, 0.2) is 48.6 Å². The Balaban J connectivity index is 1.37. The molecule has 0 unspecified atom stereocenters. The zero-order valence-electron chi connectivity index (χ0n) is 33.1. The predicted octanol–water partition coefficient (Wildman–Crippen LogP) is 6.56. The number of anilines is 1. The number of amides is 1. The van der Waals surface area contributed by atoms with E-state index in [1.165, 1.54) is 5.56 Å². The Morgan fingerprint density at radius 3 is 2.46 bits per heavy atom. The molecule has 10 nitrogen and oxygen atoms in total. The van der Waals surface area contributed by atoms with Gasteiger partial charge in [0.1, 0.15) is 18.0 Å². The minimum atomic E-state index is -3.97. The summed E-state index contributed by atoms with van der Waals surface area (Å²) in [7, 11) is -0.362. The van der Waals surface area contributed by atoms with Crippen LogP contribution >= 0.6 is 11.6 Å². The van der Waals surface area contributed by atoms with Crippen LogP contribution in [0.25, 0.3) is 0 Å². The molecule has 2 aromatic rings. The highest BCUT2D eigenvalue weighted by Crippen LogP contribution is 2.47. The average Bonchev–Trinajstić information content (AvgIpc) is 3.15. The standard InChI is InChI=1S/C42H61ClN4O6S/c1-29-10-9-18-42(52-6,28-45-24-30(2)47(20-21-51-5)31(3)25-45)38-16-13-35(38)26-46-19-8-7-11-33-22-37(43)15-12-36(33)27-53-40-17-14-34(23-39(40)46)41(48)44-54(49,50)32(29)4/h9,12,14-15,17-18,22-23,29-32,35,38H,7-8,10-11,13,16,19-21,24-28H2,1-6H3,(H,44,48)/b18-9+/t29-,30-,31+,32+,35-,38+,42+/m0/s1. The number of nitrogens with zero attached hydrogens (tertiary/aromatic N) is 3. The van der Waals surface area contributed by atoms with E-state index < -0.39 is 26.8 Å². The minimum Gasteiger partial charge on any atom is -0.487 e. The fourth-order valence-corrected chi connectivity index (χ4v) is 10.7. The van der Waals surface area contributed by atoms with Crippen molar-refractivity contribution in [1.29, 1.82) is 0 Å². The predicted molar refractivity (Wildman–Crippen MR) is 216 cm³/mol. The summed E-state index contributed by atoms with van der Waals surface area (Å²) in [6.45, 7) is 14.4. The quantitative estimate of drug-likeness (QED) is 0.327. The van der Waals surface area contributed by atoms with E-state index in [4.69, 9.17) is 25.8 Å². The molecule has 2 aromatic carbocycles. The van der Waals surface area contributed by atoms with Crippen molar-refractivity contribution in [2.45, 2.75) is 95.8 Å². The van der Waals surface area contributed by atoms with Crippen LogP contribution in [0.4, 0.5) is 5.69 Å². The van der Waals surface area contributed by atoms with E-state index in [9.17, 15) is 13.2 Å². The number of hydrogen-bond donors (Lipinski definition) is 1.